The standard InChI is InChI=1S/C25H30N4O3/c1-16-21-13-22(30)29(14-17-7-9-20(32-2)10-8-17)24(21)27-23(26-16)19-11-12-28(15-19)25(31)18-5-3-4-6-18/h7-10,18-19H,3-6,11-15H2,1-2H3/t19-/m1/s1. The second-order valence-electron chi connectivity index (χ2n) is 9.23. The molecule has 1 saturated heterocycles. The van der Waals surface area contributed by atoms with E-state index in [0.29, 0.717) is 25.4 Å². The van der Waals surface area contributed by atoms with Crippen LogP contribution in [0.4, 0.5) is 5.82 Å². The molecule has 1 aliphatic carbocycles. The highest BCUT2D eigenvalue weighted by molar-refractivity contribution is 6.00. The fourth-order valence-electron chi connectivity index (χ4n) is 5.26. The van der Waals surface area contributed by atoms with E-state index in [4.69, 9.17) is 14.7 Å². The zero-order valence-electron chi connectivity index (χ0n) is 18.8. The Balaban J connectivity index is 1.35. The minimum Gasteiger partial charge on any atom is -0.497 e. The molecule has 2 amide bonds. The van der Waals surface area contributed by atoms with Crippen LogP contribution in [0.3, 0.4) is 0 Å². The van der Waals surface area contributed by atoms with Crippen molar-refractivity contribution in [2.75, 3.05) is 25.1 Å². The molecule has 3 heterocycles. The average Bonchev–Trinajstić information content (AvgIpc) is 3.55. The van der Waals surface area contributed by atoms with E-state index in [9.17, 15) is 9.59 Å². The molecule has 0 unspecified atom stereocenters. The molecule has 168 valence electrons. The number of anilines is 1. The lowest BCUT2D eigenvalue weighted by molar-refractivity contribution is -0.134. The maximum absolute atomic E-state index is 12.8. The first-order valence-electron chi connectivity index (χ1n) is 11.6. The topological polar surface area (TPSA) is 75.6 Å². The summed E-state index contributed by atoms with van der Waals surface area (Å²) in [5.41, 5.74) is 2.82. The van der Waals surface area contributed by atoms with E-state index >= 15 is 0 Å². The van der Waals surface area contributed by atoms with Crippen LogP contribution in [-0.4, -0.2) is 46.9 Å². The van der Waals surface area contributed by atoms with Crippen molar-refractivity contribution in [3.63, 3.8) is 0 Å². The van der Waals surface area contributed by atoms with Crippen molar-refractivity contribution in [3.05, 3.63) is 46.9 Å². The molecule has 1 saturated carbocycles. The Labute approximate surface area is 188 Å². The number of carbonyl (C=O) groups excluding carboxylic acids is 2. The number of carbonyl (C=O) groups is 2. The third-order valence-electron chi connectivity index (χ3n) is 7.16. The van der Waals surface area contributed by atoms with Gasteiger partial charge < -0.3 is 9.64 Å². The van der Waals surface area contributed by atoms with Crippen LogP contribution < -0.4 is 9.64 Å². The number of methoxy groups -OCH3 is 1. The Morgan fingerprint density at radius 2 is 1.88 bits per heavy atom. The van der Waals surface area contributed by atoms with E-state index in [1.807, 2.05) is 36.1 Å². The molecule has 2 aromatic rings. The van der Waals surface area contributed by atoms with E-state index < -0.39 is 0 Å². The third-order valence-corrected chi connectivity index (χ3v) is 7.16. The van der Waals surface area contributed by atoms with E-state index in [0.717, 1.165) is 60.0 Å². The van der Waals surface area contributed by atoms with Crippen LogP contribution in [0.2, 0.25) is 0 Å². The minimum atomic E-state index is 0.0508. The molecule has 7 nitrogen and oxygen atoms in total. The van der Waals surface area contributed by atoms with Gasteiger partial charge in [0.1, 0.15) is 17.4 Å². The molecule has 1 aromatic carbocycles. The summed E-state index contributed by atoms with van der Waals surface area (Å²) in [6.45, 7) is 3.89. The maximum atomic E-state index is 12.8. The van der Waals surface area contributed by atoms with Gasteiger partial charge in [-0.1, -0.05) is 25.0 Å². The van der Waals surface area contributed by atoms with Gasteiger partial charge in [-0.05, 0) is 43.9 Å². The highest BCUT2D eigenvalue weighted by Gasteiger charge is 2.36. The van der Waals surface area contributed by atoms with Gasteiger partial charge in [0.25, 0.3) is 0 Å². The normalized spacial score (nSPS) is 20.8. The zero-order chi connectivity index (χ0) is 22.2. The number of likely N-dealkylation sites (tertiary alicyclic amines) is 1. The van der Waals surface area contributed by atoms with E-state index in [1.165, 1.54) is 12.8 Å². The lowest BCUT2D eigenvalue weighted by Gasteiger charge is -2.21. The molecular weight excluding hydrogens is 404 g/mol. The van der Waals surface area contributed by atoms with Gasteiger partial charge in [0.2, 0.25) is 11.8 Å². The first kappa shape index (κ1) is 20.9. The number of ether oxygens (including phenoxy) is 1. The Morgan fingerprint density at radius 1 is 1.12 bits per heavy atom. The second kappa shape index (κ2) is 8.52. The van der Waals surface area contributed by atoms with Gasteiger partial charge in [0, 0.05) is 36.2 Å². The summed E-state index contributed by atoms with van der Waals surface area (Å²) in [5.74, 6) is 2.97. The summed E-state index contributed by atoms with van der Waals surface area (Å²) in [4.78, 5) is 39.1. The van der Waals surface area contributed by atoms with Crippen LogP contribution in [0, 0.1) is 12.8 Å². The van der Waals surface area contributed by atoms with Crippen LogP contribution in [-0.2, 0) is 22.6 Å². The number of aromatic nitrogens is 2. The Bertz CT molecular complexity index is 1030. The number of fused-ring (bicyclic) bond motifs is 1. The molecule has 0 radical (unpaired) electrons. The lowest BCUT2D eigenvalue weighted by atomic mass is 10.1. The SMILES string of the molecule is COc1ccc(CN2C(=O)Cc3c(C)nc([C@@H]4CCN(C(=O)C5CCCC5)C4)nc32)cc1. The lowest BCUT2D eigenvalue weighted by Crippen LogP contribution is -2.33. The quantitative estimate of drug-likeness (QED) is 0.721. The van der Waals surface area contributed by atoms with Gasteiger partial charge in [-0.15, -0.1) is 0 Å². The predicted molar refractivity (Wildman–Crippen MR) is 121 cm³/mol. The van der Waals surface area contributed by atoms with Crippen molar-refractivity contribution in [1.29, 1.82) is 0 Å². The van der Waals surface area contributed by atoms with Crippen molar-refractivity contribution in [2.45, 2.75) is 57.9 Å². The van der Waals surface area contributed by atoms with Crippen molar-refractivity contribution in [1.82, 2.24) is 14.9 Å². The zero-order valence-corrected chi connectivity index (χ0v) is 18.8. The van der Waals surface area contributed by atoms with Crippen LogP contribution in [0.25, 0.3) is 0 Å². The van der Waals surface area contributed by atoms with Gasteiger partial charge >= 0.3 is 0 Å². The Kier molecular flexibility index (Phi) is 5.57. The summed E-state index contributed by atoms with van der Waals surface area (Å²) < 4.78 is 5.23. The summed E-state index contributed by atoms with van der Waals surface area (Å²) in [6.07, 6.45) is 5.60. The van der Waals surface area contributed by atoms with Crippen molar-refractivity contribution in [3.8, 4) is 5.75 Å². The van der Waals surface area contributed by atoms with E-state index in [-0.39, 0.29) is 17.7 Å². The van der Waals surface area contributed by atoms with Gasteiger partial charge in [0.05, 0.1) is 20.1 Å². The fourth-order valence-corrected chi connectivity index (χ4v) is 5.26. The van der Waals surface area contributed by atoms with Crippen molar-refractivity contribution >= 4 is 17.6 Å². The third kappa shape index (κ3) is 3.85. The van der Waals surface area contributed by atoms with Crippen molar-refractivity contribution < 1.29 is 14.3 Å². The van der Waals surface area contributed by atoms with E-state index in [1.54, 1.807) is 12.0 Å². The molecular formula is C25H30N4O3. The molecule has 7 heteroatoms. The largest absolute Gasteiger partial charge is 0.497 e. The van der Waals surface area contributed by atoms with Crippen LogP contribution in [0.5, 0.6) is 5.75 Å². The summed E-state index contributed by atoms with van der Waals surface area (Å²) >= 11 is 0. The second-order valence-corrected chi connectivity index (χ2v) is 9.23. The smallest absolute Gasteiger partial charge is 0.233 e. The molecule has 3 aliphatic rings. The van der Waals surface area contributed by atoms with E-state index in [2.05, 4.69) is 0 Å². The predicted octanol–water partition coefficient (Wildman–Crippen LogP) is 3.39. The fraction of sp³-hybridized carbons (Fsp3) is 0.520. The minimum absolute atomic E-state index is 0.0508. The molecule has 5 rings (SSSR count). The van der Waals surface area contributed by atoms with Gasteiger partial charge in [-0.3, -0.25) is 14.5 Å². The molecule has 1 aromatic heterocycles. The Morgan fingerprint density at radius 3 is 2.59 bits per heavy atom. The Hall–Kier alpha value is -2.96. The molecule has 1 atom stereocenters. The summed E-state index contributed by atoms with van der Waals surface area (Å²) in [5, 5.41) is 0. The summed E-state index contributed by atoms with van der Waals surface area (Å²) in [7, 11) is 1.64. The van der Waals surface area contributed by atoms with Gasteiger partial charge in [0.15, 0.2) is 0 Å². The maximum Gasteiger partial charge on any atom is 0.233 e. The average molecular weight is 435 g/mol. The monoisotopic (exact) mass is 434 g/mol. The molecule has 0 bridgehead atoms. The number of nitrogens with zero attached hydrogens (tertiary/aromatic N) is 4. The van der Waals surface area contributed by atoms with Crippen molar-refractivity contribution in [2.24, 2.45) is 5.92 Å². The summed E-state index contributed by atoms with van der Waals surface area (Å²) in [6, 6.07) is 7.76. The number of aryl methyl sites for hydroxylation is 1. The highest BCUT2D eigenvalue weighted by atomic mass is 16.5. The van der Waals surface area contributed by atoms with Crippen LogP contribution in [0.1, 0.15) is 60.7 Å². The number of amides is 2. The molecule has 2 aliphatic heterocycles. The number of hydrogen-bond acceptors (Lipinski definition) is 5. The first-order chi connectivity index (χ1) is 15.5. The molecule has 0 spiro atoms. The van der Waals surface area contributed by atoms with Crippen LogP contribution >= 0.6 is 0 Å². The number of rotatable bonds is 5. The van der Waals surface area contributed by atoms with Gasteiger partial charge in [-0.25, -0.2) is 9.97 Å². The van der Waals surface area contributed by atoms with Crippen LogP contribution in [0.15, 0.2) is 24.3 Å². The van der Waals surface area contributed by atoms with Gasteiger partial charge in [-0.2, -0.15) is 0 Å². The molecule has 2 fully saturated rings. The molecule has 32 heavy (non-hydrogen) atoms. The number of hydrogen-bond donors (Lipinski definition) is 0. The highest BCUT2D eigenvalue weighted by Crippen LogP contribution is 2.35. The first-order valence-corrected chi connectivity index (χ1v) is 11.6. The number of benzene rings is 1. The molecule has 0 N–H and O–H groups in total.